The summed E-state index contributed by atoms with van der Waals surface area (Å²) in [7, 11) is -13.6. The molecule has 0 aliphatic carbocycles. The molecule has 0 amide bonds. The molecule has 0 radical (unpaired) electrons. The quantitative estimate of drug-likeness (QED) is 0.0644. The third-order valence-corrected chi connectivity index (χ3v) is 10.4. The van der Waals surface area contributed by atoms with Crippen LogP contribution in [0.15, 0.2) is 42.5 Å². The van der Waals surface area contributed by atoms with Crippen LogP contribution < -0.4 is 22.5 Å². The topological polar surface area (TPSA) is 324 Å². The zero-order valence-corrected chi connectivity index (χ0v) is 26.8. The van der Waals surface area contributed by atoms with Gasteiger partial charge in [0.25, 0.3) is 11.1 Å². The van der Waals surface area contributed by atoms with Crippen LogP contribution >= 0.6 is 45.6 Å². The second-order valence-electron chi connectivity index (χ2n) is 9.01. The lowest BCUT2D eigenvalue weighted by molar-refractivity contribution is -0.0558. The van der Waals surface area contributed by atoms with Crippen molar-refractivity contribution < 1.29 is 70.1 Å². The van der Waals surface area contributed by atoms with Crippen LogP contribution in [-0.4, -0.2) is 89.4 Å². The Morgan fingerprint density at radius 1 is 0.717 bits per heavy atom. The number of hydrogen-bond donors (Lipinski definition) is 7. The molecule has 2 aromatic rings. The number of aliphatic hydroxyl groups excluding tert-OH is 4. The molecule has 2 aliphatic heterocycles. The molecule has 2 saturated heterocycles. The van der Waals surface area contributed by atoms with Gasteiger partial charge in [-0.1, -0.05) is 0 Å². The molecule has 6 N–H and O–H groups in total. The highest BCUT2D eigenvalue weighted by Gasteiger charge is 2.56. The molecule has 2 fully saturated rings. The fourth-order valence-electron chi connectivity index (χ4n) is 4.05. The zero-order valence-electron chi connectivity index (χ0n) is 22.3. The van der Waals surface area contributed by atoms with E-state index in [0.29, 0.717) is 0 Å². The van der Waals surface area contributed by atoms with Crippen LogP contribution in [-0.2, 0) is 49.7 Å². The van der Waals surface area contributed by atoms with E-state index in [1.807, 2.05) is 9.97 Å². The fraction of sp³-hybridized carbons (Fsp3) is 0.556. The summed E-state index contributed by atoms with van der Waals surface area (Å²) in [6.07, 6.45) is -11.6. The van der Waals surface area contributed by atoms with Crippen LogP contribution in [0, 0.1) is 0 Å². The minimum Gasteiger partial charge on any atom is -0.387 e. The molecule has 0 bridgehead atoms. The van der Waals surface area contributed by atoms with Gasteiger partial charge in [0.1, 0.15) is 49.8 Å². The molecule has 0 saturated carbocycles. The van der Waals surface area contributed by atoms with E-state index in [9.17, 15) is 57.9 Å². The summed E-state index contributed by atoms with van der Waals surface area (Å²) in [6.45, 7) is -1.51. The maximum atomic E-state index is 12.1. The molecular weight excluding hydrogens is 732 g/mol. The highest BCUT2D eigenvalue weighted by Crippen LogP contribution is 2.51. The number of aromatic nitrogens is 4. The Bertz CT molecular complexity index is 1750. The van der Waals surface area contributed by atoms with Crippen molar-refractivity contribution in [2.45, 2.75) is 54.1 Å². The monoisotopic (exact) mass is 754 g/mol. The predicted molar refractivity (Wildman–Crippen MR) is 147 cm³/mol. The van der Waals surface area contributed by atoms with E-state index in [-0.39, 0.29) is 5.03 Å². The minimum atomic E-state index is -3.51. The molecule has 28 heteroatoms. The molecule has 0 spiro atoms. The number of aromatic amines is 2. The van der Waals surface area contributed by atoms with E-state index in [0.717, 1.165) is 27.5 Å². The van der Waals surface area contributed by atoms with Gasteiger partial charge in [0, 0.05) is 36.6 Å². The van der Waals surface area contributed by atoms with Gasteiger partial charge in [-0.2, -0.15) is 0 Å². The Balaban J connectivity index is 1.19. The molecule has 23 nitrogen and oxygen atoms in total. The van der Waals surface area contributed by atoms with Gasteiger partial charge in [-0.05, 0) is 0 Å². The third kappa shape index (κ3) is 8.77. The number of nitrogens with zero attached hydrogens (tertiary/aromatic N) is 2. The summed E-state index contributed by atoms with van der Waals surface area (Å²) in [5, 5.41) is 40.6. The molecule has 12 atom stereocenters. The summed E-state index contributed by atoms with van der Waals surface area (Å²) < 4.78 is 82.4. The van der Waals surface area contributed by atoms with Crippen LogP contribution in [0.2, 0.25) is 0 Å². The molecule has 2 aliphatic rings. The van der Waals surface area contributed by atoms with E-state index in [1.54, 1.807) is 0 Å². The van der Waals surface area contributed by atoms with Gasteiger partial charge in [-0.15, -0.1) is 21.7 Å². The van der Waals surface area contributed by atoms with Gasteiger partial charge in [0.2, 0.25) is 0 Å². The van der Waals surface area contributed by atoms with Crippen molar-refractivity contribution >= 4 is 45.6 Å². The molecule has 4 heterocycles. The average Bonchev–Trinajstić information content (AvgIpc) is 3.39. The number of rotatable bonds is 14. The van der Waals surface area contributed by atoms with Gasteiger partial charge in [0.15, 0.2) is 25.4 Å². The number of aliphatic hydroxyl groups is 4. The van der Waals surface area contributed by atoms with Gasteiger partial charge >= 0.3 is 44.4 Å². The normalized spacial score (nSPS) is 29.1. The Morgan fingerprint density at radius 3 is 1.72 bits per heavy atom. The van der Waals surface area contributed by atoms with E-state index in [2.05, 4.69) is 25.6 Å². The molecule has 4 unspecified atom stereocenters. The van der Waals surface area contributed by atoms with Crippen molar-refractivity contribution in [2.24, 2.45) is 0 Å². The van der Waals surface area contributed by atoms with Crippen LogP contribution in [0.4, 0.5) is 0 Å². The standard InChI is InChI=1S/C18H19N4O19P4S/c23-8-1-2-21(17(29)19-8)15-13(27)11(25)6(37-15)4-35-42(31)39-44(33)41-45(34)40-43(32)36-5-7-12(26)14(28)16(38-7)22-10(46)3-9(24)20-18(22)30/h1-3,6-7,11-16,25-28H,4-5H2/q+1/p+3/t6-,7+,11-,12+,13-,14+,15-,16+/m1/s1. The lowest BCUT2D eigenvalue weighted by atomic mass is 10.1. The minimum absolute atomic E-state index is 0.212. The lowest BCUT2D eigenvalue weighted by Crippen LogP contribution is -2.38. The number of ether oxygens (including phenoxy) is 2. The fourth-order valence-corrected chi connectivity index (χ4v) is 7.37. The van der Waals surface area contributed by atoms with Crippen molar-refractivity contribution in [3.05, 3.63) is 60.0 Å². The van der Waals surface area contributed by atoms with Crippen LogP contribution in [0.3, 0.4) is 0 Å². The van der Waals surface area contributed by atoms with Crippen LogP contribution in [0.5, 0.6) is 0 Å². The number of H-pyrrole nitrogens is 2. The molecule has 0 aromatic carbocycles. The maximum absolute atomic E-state index is 12.1. The van der Waals surface area contributed by atoms with E-state index in [1.165, 1.54) is 0 Å². The first-order valence-electron chi connectivity index (χ1n) is 12.2. The van der Waals surface area contributed by atoms with Crippen molar-refractivity contribution in [3.8, 4) is 0 Å². The number of thiol groups is 1. The van der Waals surface area contributed by atoms with Crippen LogP contribution in [0.25, 0.3) is 0 Å². The van der Waals surface area contributed by atoms with Crippen molar-refractivity contribution in [3.63, 3.8) is 0 Å². The third-order valence-electron chi connectivity index (χ3n) is 6.10. The van der Waals surface area contributed by atoms with Gasteiger partial charge < -0.3 is 29.9 Å². The highest BCUT2D eigenvalue weighted by molar-refractivity contribution is 7.80. The second kappa shape index (κ2) is 15.7. The number of nitrogens with one attached hydrogen (secondary N) is 2. The van der Waals surface area contributed by atoms with E-state index >= 15 is 0 Å². The Morgan fingerprint density at radius 2 is 1.20 bits per heavy atom. The SMILES string of the molecule is O=c1ccn([C@@H]2O[C@H](CO[P+](=O)O[P+](=O)O[P+](=O)O[P+](=O)OC[C@@H]3O[C@H](n4c(S)cc(=O)[nH]c4=O)[C@@H](O)[C@H]3O)[C@@H](O)[C@H]2O)c(=O)[nH]1. The highest BCUT2D eigenvalue weighted by atomic mass is 32.1. The first-order chi connectivity index (χ1) is 21.7. The molecule has 4 rings (SSSR count). The summed E-state index contributed by atoms with van der Waals surface area (Å²) in [5.74, 6) is 0. The van der Waals surface area contributed by atoms with E-state index in [4.69, 9.17) is 18.5 Å². The first-order valence-corrected chi connectivity index (χ1v) is 17.1. The van der Waals surface area contributed by atoms with Crippen molar-refractivity contribution in [1.82, 2.24) is 19.1 Å². The summed E-state index contributed by atoms with van der Waals surface area (Å²) in [6, 6.07) is 1.87. The Hall–Kier alpha value is -2.33. The first kappa shape index (κ1) is 36.5. The average molecular weight is 754 g/mol. The molecule has 250 valence electrons. The van der Waals surface area contributed by atoms with Gasteiger partial charge in [-0.3, -0.25) is 28.7 Å². The van der Waals surface area contributed by atoms with Gasteiger partial charge in [-0.25, -0.2) is 9.59 Å². The summed E-state index contributed by atoms with van der Waals surface area (Å²) in [5.41, 5.74) is -3.48. The van der Waals surface area contributed by atoms with E-state index < -0.39 is 118 Å². The smallest absolute Gasteiger partial charge is 0.387 e. The maximum Gasteiger partial charge on any atom is 0.798 e. The largest absolute Gasteiger partial charge is 0.798 e. The van der Waals surface area contributed by atoms with Crippen LogP contribution in [0.1, 0.15) is 12.5 Å². The molecule has 2 aromatic heterocycles. The van der Waals surface area contributed by atoms with Crippen molar-refractivity contribution in [1.29, 1.82) is 0 Å². The van der Waals surface area contributed by atoms with Crippen molar-refractivity contribution in [2.75, 3.05) is 13.2 Å². The molecule has 46 heavy (non-hydrogen) atoms. The summed E-state index contributed by atoms with van der Waals surface area (Å²) >= 11 is 3.96. The second-order valence-corrected chi connectivity index (χ2v) is 13.7. The molecular formula is C18H22N4O19P4S+4. The Kier molecular flexibility index (Phi) is 12.5. The predicted octanol–water partition coefficient (Wildman–Crippen LogP) is -1.67. The number of hydrogen-bond acceptors (Lipinski definition) is 20. The Labute approximate surface area is 262 Å². The van der Waals surface area contributed by atoms with Gasteiger partial charge in [0.05, 0.1) is 5.03 Å². The summed E-state index contributed by atoms with van der Waals surface area (Å²) in [4.78, 5) is 50.5. The lowest BCUT2D eigenvalue weighted by Gasteiger charge is -2.18. The zero-order chi connectivity index (χ0) is 33.9.